The topological polar surface area (TPSA) is 74.8 Å². The summed E-state index contributed by atoms with van der Waals surface area (Å²) in [5, 5.41) is 7.80. The average Bonchev–Trinajstić information content (AvgIpc) is 2.67. The van der Waals surface area contributed by atoms with Crippen LogP contribution in [0.5, 0.6) is 0 Å². The van der Waals surface area contributed by atoms with Crippen LogP contribution in [0, 0.1) is 5.92 Å². The molecule has 0 aliphatic rings. The van der Waals surface area contributed by atoms with Gasteiger partial charge in [-0.2, -0.15) is 0 Å². The van der Waals surface area contributed by atoms with Crippen LogP contribution >= 0.6 is 0 Å². The number of nitrogens with one attached hydrogen (secondary N) is 2. The molecule has 2 amide bonds. The molecule has 4 N–H and O–H groups in total. The normalized spacial score (nSPS) is 13.1. The third-order valence-electron chi connectivity index (χ3n) is 4.87. The van der Waals surface area contributed by atoms with Crippen LogP contribution in [0.3, 0.4) is 0 Å². The molecule has 0 saturated carbocycles. The molecule has 2 aromatic rings. The van der Waals surface area contributed by atoms with Crippen molar-refractivity contribution < 1.29 is 14.9 Å². The van der Waals surface area contributed by atoms with Gasteiger partial charge in [-0.25, -0.2) is 0 Å². The third-order valence-corrected chi connectivity index (χ3v) is 4.87. The van der Waals surface area contributed by atoms with Crippen molar-refractivity contribution in [1.29, 1.82) is 0 Å². The van der Waals surface area contributed by atoms with Gasteiger partial charge in [0.25, 0.3) is 5.91 Å². The van der Waals surface area contributed by atoms with Gasteiger partial charge in [0.1, 0.15) is 6.04 Å². The van der Waals surface area contributed by atoms with Crippen LogP contribution in [0.2, 0.25) is 0 Å². The summed E-state index contributed by atoms with van der Waals surface area (Å²) in [6.07, 6.45) is 1.02. The minimum Gasteiger partial charge on any atom is -0.330 e. The molecule has 150 valence electrons. The summed E-state index contributed by atoms with van der Waals surface area (Å²) in [6.45, 7) is 9.90. The molecule has 0 fully saturated rings. The highest BCUT2D eigenvalue weighted by molar-refractivity contribution is 5.94. The Morgan fingerprint density at radius 3 is 1.89 bits per heavy atom. The Hall–Kier alpha value is -2.66. The molecule has 0 spiro atoms. The summed E-state index contributed by atoms with van der Waals surface area (Å²) in [4.78, 5) is 23.7. The van der Waals surface area contributed by atoms with Crippen molar-refractivity contribution in [3.8, 4) is 0 Å². The Morgan fingerprint density at radius 2 is 1.43 bits per heavy atom. The summed E-state index contributed by atoms with van der Waals surface area (Å²) in [5.74, 6) is 0.245. The lowest BCUT2D eigenvalue weighted by atomic mass is 9.94. The number of hydrogen-bond donors (Lipinski definition) is 3. The molecule has 5 nitrogen and oxygen atoms in total. The predicted octanol–water partition coefficient (Wildman–Crippen LogP) is 3.50. The lowest BCUT2D eigenvalue weighted by Gasteiger charge is -2.23. The van der Waals surface area contributed by atoms with Crippen LogP contribution < -0.4 is 16.0 Å². The largest absolute Gasteiger partial charge is 0.330 e. The predicted molar refractivity (Wildman–Crippen MR) is 114 cm³/mol. The molecule has 0 aliphatic carbocycles. The van der Waals surface area contributed by atoms with Crippen molar-refractivity contribution in [2.45, 2.75) is 53.1 Å². The van der Waals surface area contributed by atoms with Crippen LogP contribution in [0.1, 0.15) is 51.8 Å². The molecule has 0 heterocycles. The number of carbonyl (C=O) groups is 2. The van der Waals surface area contributed by atoms with E-state index in [0.717, 1.165) is 6.42 Å². The maximum Gasteiger partial charge on any atom is 0.282 e. The van der Waals surface area contributed by atoms with Crippen molar-refractivity contribution in [2.24, 2.45) is 5.92 Å². The van der Waals surface area contributed by atoms with Crippen molar-refractivity contribution in [3.63, 3.8) is 0 Å². The fraction of sp³-hybridized carbons (Fsp3) is 0.391. The molecule has 5 heteroatoms. The Morgan fingerprint density at radius 1 is 0.893 bits per heavy atom. The van der Waals surface area contributed by atoms with Gasteiger partial charge in [-0.15, -0.1) is 0 Å². The van der Waals surface area contributed by atoms with Crippen molar-refractivity contribution in [1.82, 2.24) is 0 Å². The van der Waals surface area contributed by atoms with Gasteiger partial charge in [0.05, 0.1) is 0 Å². The first-order valence-corrected chi connectivity index (χ1v) is 9.92. The molecule has 28 heavy (non-hydrogen) atoms. The summed E-state index contributed by atoms with van der Waals surface area (Å²) >= 11 is 0. The van der Waals surface area contributed by atoms with Gasteiger partial charge >= 0.3 is 0 Å². The highest BCUT2D eigenvalue weighted by Gasteiger charge is 2.25. The van der Waals surface area contributed by atoms with Crippen LogP contribution in [-0.2, 0) is 16.0 Å². The first-order valence-electron chi connectivity index (χ1n) is 9.92. The summed E-state index contributed by atoms with van der Waals surface area (Å²) < 4.78 is 0. The number of quaternary nitrogens is 1. The van der Waals surface area contributed by atoms with E-state index in [1.54, 1.807) is 24.3 Å². The molecule has 0 radical (unpaired) electrons. The van der Waals surface area contributed by atoms with E-state index in [0.29, 0.717) is 17.3 Å². The fourth-order valence-electron chi connectivity index (χ4n) is 3.19. The molecule has 0 aliphatic heterocycles. The second-order valence-corrected chi connectivity index (χ2v) is 7.59. The van der Waals surface area contributed by atoms with Crippen molar-refractivity contribution in [2.75, 3.05) is 10.6 Å². The van der Waals surface area contributed by atoms with Gasteiger partial charge in [-0.3, -0.25) is 9.59 Å². The Bertz CT molecular complexity index is 782. The molecule has 2 rings (SSSR count). The van der Waals surface area contributed by atoms with E-state index in [4.69, 9.17) is 0 Å². The number of aryl methyl sites for hydroxylation is 1. The Balaban J connectivity index is 2.01. The average molecular weight is 383 g/mol. The van der Waals surface area contributed by atoms with Gasteiger partial charge in [0.2, 0.25) is 5.91 Å². The van der Waals surface area contributed by atoms with Crippen LogP contribution in [0.15, 0.2) is 48.5 Å². The van der Waals surface area contributed by atoms with Gasteiger partial charge in [-0.1, -0.05) is 45.0 Å². The molecule has 0 bridgehead atoms. The molecule has 0 saturated heterocycles. The number of amides is 2. The zero-order valence-electron chi connectivity index (χ0n) is 17.5. The number of rotatable bonds is 8. The van der Waals surface area contributed by atoms with E-state index in [2.05, 4.69) is 61.0 Å². The van der Waals surface area contributed by atoms with Crippen LogP contribution in [0.25, 0.3) is 0 Å². The second kappa shape index (κ2) is 10.0. The first kappa shape index (κ1) is 21.6. The van der Waals surface area contributed by atoms with E-state index < -0.39 is 0 Å². The first-order chi connectivity index (χ1) is 13.3. The minimum absolute atomic E-state index is 0.0388. The Labute approximate surface area is 167 Å². The number of nitrogens with two attached hydrogens (primary N) is 1. The van der Waals surface area contributed by atoms with Gasteiger partial charge in [-0.05, 0) is 43.2 Å². The van der Waals surface area contributed by atoms with Gasteiger partial charge in [0, 0.05) is 29.8 Å². The van der Waals surface area contributed by atoms with Gasteiger partial charge < -0.3 is 16.0 Å². The number of carbonyl (C=O) groups excluding carboxylic acids is 2. The molecular formula is C23H32N3O2+. The SMILES string of the molecule is CCc1ccc([C@H]([NH2+][C@@H](C)C(=O)Nc2ccc(NC(C)=O)cc2)C(C)C)cc1. The molecular weight excluding hydrogens is 350 g/mol. The lowest BCUT2D eigenvalue weighted by Crippen LogP contribution is -2.93. The highest BCUT2D eigenvalue weighted by atomic mass is 16.2. The number of anilines is 2. The summed E-state index contributed by atoms with van der Waals surface area (Å²) in [7, 11) is 0. The van der Waals surface area contributed by atoms with E-state index >= 15 is 0 Å². The molecule has 2 atom stereocenters. The van der Waals surface area contributed by atoms with Gasteiger partial charge in [0.15, 0.2) is 6.04 Å². The van der Waals surface area contributed by atoms with Crippen molar-refractivity contribution in [3.05, 3.63) is 59.7 Å². The lowest BCUT2D eigenvalue weighted by molar-refractivity contribution is -0.718. The number of benzene rings is 2. The maximum absolute atomic E-state index is 12.7. The standard InChI is InChI=1S/C23H31N3O2/c1-6-18-7-9-19(10-8-18)22(15(2)3)24-16(4)23(28)26-21-13-11-20(12-14-21)25-17(5)27/h7-16,22,24H,6H2,1-5H3,(H,25,27)(H,26,28)/p+1/t16-,22+/m0/s1. The molecule has 0 aromatic heterocycles. The fourth-order valence-corrected chi connectivity index (χ4v) is 3.19. The molecule has 2 aromatic carbocycles. The smallest absolute Gasteiger partial charge is 0.282 e. The minimum atomic E-state index is -0.228. The quantitative estimate of drug-likeness (QED) is 0.654. The number of hydrogen-bond acceptors (Lipinski definition) is 2. The van der Waals surface area contributed by atoms with Crippen molar-refractivity contribution >= 4 is 23.2 Å². The zero-order valence-corrected chi connectivity index (χ0v) is 17.5. The van der Waals surface area contributed by atoms with E-state index in [1.165, 1.54) is 18.1 Å². The zero-order chi connectivity index (χ0) is 20.7. The van der Waals surface area contributed by atoms with E-state index in [9.17, 15) is 9.59 Å². The van der Waals surface area contributed by atoms with E-state index in [-0.39, 0.29) is 23.9 Å². The van der Waals surface area contributed by atoms with Crippen LogP contribution in [-0.4, -0.2) is 17.9 Å². The summed E-state index contributed by atoms with van der Waals surface area (Å²) in [6, 6.07) is 15.8. The highest BCUT2D eigenvalue weighted by Crippen LogP contribution is 2.19. The van der Waals surface area contributed by atoms with Crippen LogP contribution in [0.4, 0.5) is 11.4 Å². The maximum atomic E-state index is 12.7. The van der Waals surface area contributed by atoms with E-state index in [1.807, 2.05) is 6.92 Å². The third kappa shape index (κ3) is 6.20. The second-order valence-electron chi connectivity index (χ2n) is 7.59. The Kier molecular flexibility index (Phi) is 7.76. The summed E-state index contributed by atoms with van der Waals surface area (Å²) in [5.41, 5.74) is 3.99. The monoisotopic (exact) mass is 382 g/mol. The molecule has 0 unspecified atom stereocenters.